The van der Waals surface area contributed by atoms with E-state index < -0.39 is 0 Å². The van der Waals surface area contributed by atoms with Crippen LogP contribution in [0.5, 0.6) is 0 Å². The lowest BCUT2D eigenvalue weighted by Crippen LogP contribution is -1.83. The maximum atomic E-state index is 3.08. The molecule has 0 unspecified atom stereocenters. The van der Waals surface area contributed by atoms with E-state index in [9.17, 15) is 0 Å². The zero-order chi connectivity index (χ0) is 8.65. The molecule has 0 aliphatic rings. The van der Waals surface area contributed by atoms with Crippen LogP contribution in [0, 0.1) is 0 Å². The van der Waals surface area contributed by atoms with Crippen molar-refractivity contribution in [2.24, 2.45) is 0 Å². The second kappa shape index (κ2) is 5.19. The zero-order valence-electron chi connectivity index (χ0n) is 7.20. The van der Waals surface area contributed by atoms with Crippen LogP contribution in [-0.2, 0) is 0 Å². The SMILES string of the molecule is CNc1ccccccccc1. The highest BCUT2D eigenvalue weighted by Gasteiger charge is 1.75. The van der Waals surface area contributed by atoms with Crippen molar-refractivity contribution in [1.29, 1.82) is 0 Å². The summed E-state index contributed by atoms with van der Waals surface area (Å²) in [6, 6.07) is 18.1. The van der Waals surface area contributed by atoms with Crippen LogP contribution in [0.25, 0.3) is 0 Å². The number of anilines is 1. The summed E-state index contributed by atoms with van der Waals surface area (Å²) in [6.45, 7) is 0. The summed E-state index contributed by atoms with van der Waals surface area (Å²) in [5, 5.41) is 3.08. The van der Waals surface area contributed by atoms with E-state index in [1.807, 2.05) is 61.6 Å². The first kappa shape index (κ1) is 8.60. The summed E-state index contributed by atoms with van der Waals surface area (Å²) in [6.07, 6.45) is 0. The van der Waals surface area contributed by atoms with E-state index >= 15 is 0 Å². The van der Waals surface area contributed by atoms with E-state index in [1.165, 1.54) is 0 Å². The molecule has 0 aliphatic carbocycles. The molecule has 0 aliphatic heterocycles. The lowest BCUT2D eigenvalue weighted by molar-refractivity contribution is 1.53. The fraction of sp³-hybridized carbons (Fsp3) is 0.0909. The highest BCUT2D eigenvalue weighted by atomic mass is 14.8. The van der Waals surface area contributed by atoms with Crippen molar-refractivity contribution in [3.05, 3.63) is 54.6 Å². The fourth-order valence-electron chi connectivity index (χ4n) is 0.861. The van der Waals surface area contributed by atoms with Gasteiger partial charge in [0.05, 0.1) is 0 Å². The Morgan fingerprint density at radius 3 is 1.58 bits per heavy atom. The largest absolute Gasteiger partial charge is 0.388 e. The van der Waals surface area contributed by atoms with Crippen molar-refractivity contribution in [2.45, 2.75) is 0 Å². The van der Waals surface area contributed by atoms with Gasteiger partial charge in [-0.1, -0.05) is 42.5 Å². The first-order valence-electron chi connectivity index (χ1n) is 3.99. The number of rotatable bonds is 1. The molecule has 0 bridgehead atoms. The topological polar surface area (TPSA) is 12.0 Å². The predicted molar refractivity (Wildman–Crippen MR) is 53.6 cm³/mol. The fourth-order valence-corrected chi connectivity index (χ4v) is 0.861. The number of hydrogen-bond acceptors (Lipinski definition) is 1. The molecule has 0 amide bonds. The third kappa shape index (κ3) is 3.06. The highest BCUT2D eigenvalue weighted by Crippen LogP contribution is 1.99. The van der Waals surface area contributed by atoms with Crippen molar-refractivity contribution in [1.82, 2.24) is 0 Å². The second-order valence-corrected chi connectivity index (χ2v) is 2.39. The molecule has 1 aromatic rings. The Morgan fingerprint density at radius 2 is 1.17 bits per heavy atom. The minimum absolute atomic E-state index is 1.10. The van der Waals surface area contributed by atoms with Gasteiger partial charge in [-0.25, -0.2) is 0 Å². The van der Waals surface area contributed by atoms with Crippen LogP contribution >= 0.6 is 0 Å². The van der Waals surface area contributed by atoms with Gasteiger partial charge in [-0.3, -0.25) is 0 Å². The predicted octanol–water partition coefficient (Wildman–Crippen LogP) is 2.85. The van der Waals surface area contributed by atoms with Crippen molar-refractivity contribution in [3.63, 3.8) is 0 Å². The van der Waals surface area contributed by atoms with E-state index in [0.29, 0.717) is 0 Å². The molecule has 0 atom stereocenters. The molecule has 0 spiro atoms. The van der Waals surface area contributed by atoms with Gasteiger partial charge in [-0.15, -0.1) is 0 Å². The minimum Gasteiger partial charge on any atom is -0.388 e. The highest BCUT2D eigenvalue weighted by molar-refractivity contribution is 5.39. The Balaban J connectivity index is 3.07. The average molecular weight is 159 g/mol. The van der Waals surface area contributed by atoms with Gasteiger partial charge in [0, 0.05) is 12.7 Å². The molecule has 12 heavy (non-hydrogen) atoms. The Labute approximate surface area is 73.4 Å². The molecule has 0 aromatic heterocycles. The van der Waals surface area contributed by atoms with Gasteiger partial charge in [0.15, 0.2) is 0 Å². The zero-order valence-corrected chi connectivity index (χ0v) is 7.20. The lowest BCUT2D eigenvalue weighted by Gasteiger charge is -1.92. The summed E-state index contributed by atoms with van der Waals surface area (Å²) >= 11 is 0. The van der Waals surface area contributed by atoms with Gasteiger partial charge in [0.1, 0.15) is 0 Å². The first-order valence-corrected chi connectivity index (χ1v) is 3.99. The van der Waals surface area contributed by atoms with E-state index in [4.69, 9.17) is 0 Å². The molecule has 0 radical (unpaired) electrons. The quantitative estimate of drug-likeness (QED) is 0.664. The third-order valence-electron chi connectivity index (χ3n) is 1.51. The van der Waals surface area contributed by atoms with E-state index in [2.05, 4.69) is 5.32 Å². The molecule has 1 N–H and O–H groups in total. The van der Waals surface area contributed by atoms with Crippen LogP contribution in [0.3, 0.4) is 0 Å². The Bertz CT molecular complexity index is 255. The standard InChI is InChI=1S/C11H13N/c1-12-11-9-7-5-3-2-4-6-8-10-11/h2-10,12H,1H3. The Morgan fingerprint density at radius 1 is 0.750 bits per heavy atom. The smallest absolute Gasteiger partial charge is 0.0337 e. The summed E-state index contributed by atoms with van der Waals surface area (Å²) in [5.41, 5.74) is 1.10. The molecule has 62 valence electrons. The van der Waals surface area contributed by atoms with Crippen LogP contribution in [0.1, 0.15) is 0 Å². The van der Waals surface area contributed by atoms with Crippen LogP contribution in [-0.4, -0.2) is 7.05 Å². The molecule has 0 fully saturated rings. The number of hydrogen-bond donors (Lipinski definition) is 1. The van der Waals surface area contributed by atoms with Gasteiger partial charge in [0.25, 0.3) is 0 Å². The molecule has 0 heterocycles. The van der Waals surface area contributed by atoms with E-state index in [0.717, 1.165) is 5.69 Å². The van der Waals surface area contributed by atoms with Gasteiger partial charge in [-0.05, 0) is 12.1 Å². The molecular formula is C11H13N. The summed E-state index contributed by atoms with van der Waals surface area (Å²) < 4.78 is 0. The molecule has 0 saturated carbocycles. The van der Waals surface area contributed by atoms with Crippen LogP contribution in [0.2, 0.25) is 0 Å². The second-order valence-electron chi connectivity index (χ2n) is 2.39. The number of nitrogens with one attached hydrogen (secondary N) is 1. The van der Waals surface area contributed by atoms with Crippen LogP contribution < -0.4 is 5.32 Å². The lowest BCUT2D eigenvalue weighted by atomic mass is 10.3. The summed E-state index contributed by atoms with van der Waals surface area (Å²) in [4.78, 5) is 0. The summed E-state index contributed by atoms with van der Waals surface area (Å²) in [5.74, 6) is 0. The normalized spacial score (nSPS) is 8.42. The van der Waals surface area contributed by atoms with E-state index in [1.54, 1.807) is 0 Å². The van der Waals surface area contributed by atoms with E-state index in [-0.39, 0.29) is 0 Å². The van der Waals surface area contributed by atoms with Gasteiger partial charge >= 0.3 is 0 Å². The average Bonchev–Trinajstić information content (AvgIpc) is 2.14. The molecule has 1 rings (SSSR count). The maximum Gasteiger partial charge on any atom is 0.0337 e. The molecule has 1 aromatic carbocycles. The van der Waals surface area contributed by atoms with Gasteiger partial charge in [0.2, 0.25) is 0 Å². The van der Waals surface area contributed by atoms with Crippen molar-refractivity contribution < 1.29 is 0 Å². The molecular weight excluding hydrogens is 146 g/mol. The minimum atomic E-state index is 1.10. The monoisotopic (exact) mass is 159 g/mol. The van der Waals surface area contributed by atoms with Crippen molar-refractivity contribution >= 4 is 5.69 Å². The maximum absolute atomic E-state index is 3.08. The van der Waals surface area contributed by atoms with Crippen LogP contribution in [0.15, 0.2) is 54.6 Å². The first-order chi connectivity index (χ1) is 5.93. The molecule has 0 saturated heterocycles. The van der Waals surface area contributed by atoms with Crippen molar-refractivity contribution in [2.75, 3.05) is 12.4 Å². The molecule has 1 nitrogen and oxygen atoms in total. The molecule has 1 heteroatoms. The Hall–Kier alpha value is -1.50. The van der Waals surface area contributed by atoms with Gasteiger partial charge < -0.3 is 5.32 Å². The van der Waals surface area contributed by atoms with Gasteiger partial charge in [-0.2, -0.15) is 0 Å². The van der Waals surface area contributed by atoms with Crippen molar-refractivity contribution in [3.8, 4) is 0 Å². The third-order valence-corrected chi connectivity index (χ3v) is 1.51. The Kier molecular flexibility index (Phi) is 3.72. The summed E-state index contributed by atoms with van der Waals surface area (Å²) in [7, 11) is 1.91. The van der Waals surface area contributed by atoms with Crippen LogP contribution in [0.4, 0.5) is 5.69 Å².